The second-order valence-electron chi connectivity index (χ2n) is 3.49. The minimum Gasteiger partial charge on any atom is -0.480 e. The molecule has 0 radical (unpaired) electrons. The van der Waals surface area contributed by atoms with Gasteiger partial charge in [-0.15, -0.1) is 0 Å². The Bertz CT molecular complexity index is 330. The topological polar surface area (TPSA) is 161 Å². The first-order valence-electron chi connectivity index (χ1n) is 5.31. The van der Waals surface area contributed by atoms with E-state index in [2.05, 4.69) is 0 Å². The lowest BCUT2D eigenvalue weighted by Crippen LogP contribution is -2.32. The molecule has 0 unspecified atom stereocenters. The summed E-state index contributed by atoms with van der Waals surface area (Å²) in [7, 11) is 0. The summed E-state index contributed by atoms with van der Waals surface area (Å²) in [6, 6.07) is -1.87. The largest absolute Gasteiger partial charge is 0.480 e. The predicted octanol–water partition coefficient (Wildman–Crippen LogP) is -0.644. The molecular formula is C10H18N2O6S2. The van der Waals surface area contributed by atoms with Crippen molar-refractivity contribution in [1.29, 1.82) is 0 Å². The molecule has 6 N–H and O–H groups in total. The molecule has 0 aromatic heterocycles. The van der Waals surface area contributed by atoms with E-state index >= 15 is 0 Å². The lowest BCUT2D eigenvalue weighted by atomic mass is 10.4. The van der Waals surface area contributed by atoms with E-state index in [0.29, 0.717) is 0 Å². The van der Waals surface area contributed by atoms with Crippen molar-refractivity contribution in [3.63, 3.8) is 0 Å². The van der Waals surface area contributed by atoms with Gasteiger partial charge in [-0.3, -0.25) is 19.2 Å². The van der Waals surface area contributed by atoms with Gasteiger partial charge in [-0.25, -0.2) is 0 Å². The first-order chi connectivity index (χ1) is 9.07. The molecule has 0 aromatic carbocycles. The molecule has 116 valence electrons. The fourth-order valence-electron chi connectivity index (χ4n) is 0.557. The lowest BCUT2D eigenvalue weighted by Gasteiger charge is -2.01. The Labute approximate surface area is 124 Å². The van der Waals surface area contributed by atoms with Crippen molar-refractivity contribution in [2.45, 2.75) is 25.9 Å². The number of carbonyl (C=O) groups is 4. The minimum absolute atomic E-state index is 0.114. The fraction of sp³-hybridized carbons (Fsp3) is 0.600. The highest BCUT2D eigenvalue weighted by molar-refractivity contribution is 8.13. The average molecular weight is 326 g/mol. The van der Waals surface area contributed by atoms with Crippen LogP contribution >= 0.6 is 23.5 Å². The van der Waals surface area contributed by atoms with E-state index in [-0.39, 0.29) is 21.7 Å². The molecule has 0 rings (SSSR count). The predicted molar refractivity (Wildman–Crippen MR) is 77.5 cm³/mol. The molecule has 0 aliphatic carbocycles. The van der Waals surface area contributed by atoms with E-state index in [1.807, 2.05) is 0 Å². The molecular weight excluding hydrogens is 308 g/mol. The zero-order chi connectivity index (χ0) is 16.3. The summed E-state index contributed by atoms with van der Waals surface area (Å²) < 4.78 is 0. The van der Waals surface area contributed by atoms with Gasteiger partial charge in [0.1, 0.15) is 12.1 Å². The van der Waals surface area contributed by atoms with Crippen molar-refractivity contribution in [2.75, 3.05) is 11.5 Å². The van der Waals surface area contributed by atoms with Gasteiger partial charge in [0.15, 0.2) is 10.2 Å². The van der Waals surface area contributed by atoms with Gasteiger partial charge in [-0.05, 0) is 0 Å². The molecule has 0 saturated carbocycles. The number of hydrogen-bond donors (Lipinski definition) is 4. The van der Waals surface area contributed by atoms with Gasteiger partial charge in [0.05, 0.1) is 0 Å². The highest BCUT2D eigenvalue weighted by Gasteiger charge is 2.12. The van der Waals surface area contributed by atoms with Crippen LogP contribution in [0, 0.1) is 0 Å². The summed E-state index contributed by atoms with van der Waals surface area (Å²) in [6.07, 6.45) is 0. The maximum Gasteiger partial charge on any atom is 0.321 e. The Kier molecular flexibility index (Phi) is 12.4. The highest BCUT2D eigenvalue weighted by Crippen LogP contribution is 2.02. The number of hydrogen-bond acceptors (Lipinski definition) is 8. The van der Waals surface area contributed by atoms with E-state index in [1.165, 1.54) is 13.8 Å². The van der Waals surface area contributed by atoms with E-state index in [4.69, 9.17) is 21.7 Å². The van der Waals surface area contributed by atoms with Crippen LogP contribution in [0.25, 0.3) is 0 Å². The lowest BCUT2D eigenvalue weighted by molar-refractivity contribution is -0.138. The van der Waals surface area contributed by atoms with Crippen molar-refractivity contribution in [2.24, 2.45) is 11.5 Å². The van der Waals surface area contributed by atoms with Gasteiger partial charge in [0.25, 0.3) is 0 Å². The fourth-order valence-corrected chi connectivity index (χ4v) is 1.67. The third-order valence-electron chi connectivity index (χ3n) is 1.57. The second-order valence-corrected chi connectivity index (χ2v) is 5.89. The molecule has 0 spiro atoms. The normalized spacial score (nSPS) is 12.6. The van der Waals surface area contributed by atoms with E-state index in [9.17, 15) is 19.2 Å². The number of carbonyl (C=O) groups excluding carboxylic acids is 2. The third kappa shape index (κ3) is 15.0. The SMILES string of the molecule is CC(=O)SC[C@H](N)C(=O)O.CC(=O)SC[C@H](N)C(=O)O. The van der Waals surface area contributed by atoms with E-state index in [0.717, 1.165) is 23.5 Å². The van der Waals surface area contributed by atoms with Crippen LogP contribution in [0.15, 0.2) is 0 Å². The molecule has 0 aliphatic rings. The Morgan fingerprint density at radius 3 is 1.25 bits per heavy atom. The van der Waals surface area contributed by atoms with Crippen molar-refractivity contribution in [3.8, 4) is 0 Å². The third-order valence-corrected chi connectivity index (χ3v) is 3.43. The molecule has 0 fully saturated rings. The summed E-state index contributed by atoms with van der Waals surface area (Å²) in [5.74, 6) is -1.86. The molecule has 20 heavy (non-hydrogen) atoms. The zero-order valence-electron chi connectivity index (χ0n) is 11.1. The molecule has 0 amide bonds. The number of thioether (sulfide) groups is 2. The van der Waals surface area contributed by atoms with Crippen molar-refractivity contribution in [1.82, 2.24) is 0 Å². The smallest absolute Gasteiger partial charge is 0.321 e. The van der Waals surface area contributed by atoms with Crippen molar-refractivity contribution >= 4 is 45.7 Å². The summed E-state index contributed by atoms with van der Waals surface area (Å²) >= 11 is 1.85. The Morgan fingerprint density at radius 2 is 1.10 bits per heavy atom. The van der Waals surface area contributed by atoms with Gasteiger partial charge in [-0.2, -0.15) is 0 Å². The quantitative estimate of drug-likeness (QED) is 0.494. The van der Waals surface area contributed by atoms with Gasteiger partial charge in [0, 0.05) is 25.4 Å². The number of rotatable bonds is 6. The molecule has 0 saturated heterocycles. The van der Waals surface area contributed by atoms with Crippen LogP contribution in [0.2, 0.25) is 0 Å². The van der Waals surface area contributed by atoms with E-state index in [1.54, 1.807) is 0 Å². The van der Waals surface area contributed by atoms with Crippen LogP contribution in [0.3, 0.4) is 0 Å². The molecule has 0 aromatic rings. The van der Waals surface area contributed by atoms with Crippen LogP contribution in [0.5, 0.6) is 0 Å². The van der Waals surface area contributed by atoms with Crippen molar-refractivity contribution < 1.29 is 29.4 Å². The highest BCUT2D eigenvalue weighted by atomic mass is 32.2. The molecule has 0 aliphatic heterocycles. The number of aliphatic carboxylic acids is 2. The minimum atomic E-state index is -1.08. The maximum atomic E-state index is 10.3. The van der Waals surface area contributed by atoms with Crippen molar-refractivity contribution in [3.05, 3.63) is 0 Å². The average Bonchev–Trinajstić information content (AvgIpc) is 2.33. The first kappa shape index (κ1) is 21.2. The Balaban J connectivity index is 0. The molecule has 0 heterocycles. The van der Waals surface area contributed by atoms with Crippen LogP contribution in [-0.2, 0) is 19.2 Å². The molecule has 8 nitrogen and oxygen atoms in total. The van der Waals surface area contributed by atoms with Gasteiger partial charge < -0.3 is 21.7 Å². The van der Waals surface area contributed by atoms with Crippen LogP contribution in [-0.4, -0.2) is 56.0 Å². The summed E-state index contributed by atoms with van der Waals surface area (Å²) in [5.41, 5.74) is 10.2. The first-order valence-corrected chi connectivity index (χ1v) is 7.28. The standard InChI is InChI=1S/2C5H9NO3S/c2*1-3(7)10-2-4(6)5(8)9/h2*4H,2,6H2,1H3,(H,8,9)/t2*4-/m00/s1. The number of carboxylic acids is 2. The zero-order valence-corrected chi connectivity index (χ0v) is 12.7. The van der Waals surface area contributed by atoms with Gasteiger partial charge >= 0.3 is 11.9 Å². The van der Waals surface area contributed by atoms with Crippen LogP contribution in [0.1, 0.15) is 13.8 Å². The monoisotopic (exact) mass is 326 g/mol. The van der Waals surface area contributed by atoms with Crippen LogP contribution < -0.4 is 11.5 Å². The molecule has 10 heteroatoms. The van der Waals surface area contributed by atoms with E-state index < -0.39 is 24.0 Å². The van der Waals surface area contributed by atoms with Gasteiger partial charge in [0.2, 0.25) is 0 Å². The maximum absolute atomic E-state index is 10.3. The van der Waals surface area contributed by atoms with Gasteiger partial charge in [-0.1, -0.05) is 23.5 Å². The summed E-state index contributed by atoms with van der Waals surface area (Å²) in [6.45, 7) is 2.75. The Hall–Kier alpha value is -1.10. The van der Waals surface area contributed by atoms with Crippen LogP contribution in [0.4, 0.5) is 0 Å². The summed E-state index contributed by atoms with van der Waals surface area (Å²) in [4.78, 5) is 40.7. The summed E-state index contributed by atoms with van der Waals surface area (Å²) in [5, 5.41) is 16.3. The molecule has 2 atom stereocenters. The second kappa shape index (κ2) is 11.7. The molecule has 0 bridgehead atoms. The number of nitrogens with two attached hydrogens (primary N) is 2. The number of carboxylic acid groups (broad SMARTS) is 2. The Morgan fingerprint density at radius 1 is 0.850 bits per heavy atom.